The molecule has 0 spiro atoms. The number of hydrogen-bond acceptors (Lipinski definition) is 10. The fraction of sp³-hybridized carbons (Fsp3) is 0.286. The summed E-state index contributed by atoms with van der Waals surface area (Å²) in [5.41, 5.74) is 4.27. The highest BCUT2D eigenvalue weighted by atomic mass is 32.1. The molecule has 2 atom stereocenters. The third kappa shape index (κ3) is 5.12. The number of carbonyl (C=O) groups excluding carboxylic acids is 2. The third-order valence-corrected chi connectivity index (χ3v) is 7.17. The van der Waals surface area contributed by atoms with Gasteiger partial charge >= 0.3 is 11.9 Å². The molecule has 0 amide bonds. The van der Waals surface area contributed by atoms with Gasteiger partial charge in [-0.25, -0.2) is 9.78 Å². The Labute approximate surface area is 225 Å². The Morgan fingerprint density at radius 3 is 2.42 bits per heavy atom. The molecule has 9 nitrogen and oxygen atoms in total. The van der Waals surface area contributed by atoms with Crippen molar-refractivity contribution in [1.29, 1.82) is 0 Å². The van der Waals surface area contributed by atoms with Gasteiger partial charge in [-0.05, 0) is 43.7 Å². The maximum absolute atomic E-state index is 12.9. The molecular weight excluding hydrogens is 506 g/mol. The molecule has 198 valence electrons. The van der Waals surface area contributed by atoms with Gasteiger partial charge in [-0.3, -0.25) is 9.79 Å². The molecule has 1 N–H and O–H groups in total. The lowest BCUT2D eigenvalue weighted by molar-refractivity contribution is -0.143. The van der Waals surface area contributed by atoms with E-state index in [-0.39, 0.29) is 0 Å². The standard InChI is InChI=1S/C28H29N3O6S/c1-15-23(26(32)36-5)25(24(16(2)29-15)27(33)37-6)18-9-7-8-10-20(18)30-28-31-21(14-38-28)19-13-17(34-3)11-12-22(19)35-4/h7-14,23,25H,1-6H3,(H,30,31). The largest absolute Gasteiger partial charge is 0.497 e. The maximum atomic E-state index is 12.9. The van der Waals surface area contributed by atoms with Crippen molar-refractivity contribution < 1.29 is 28.5 Å². The van der Waals surface area contributed by atoms with Crippen molar-refractivity contribution in [3.05, 3.63) is 64.7 Å². The maximum Gasteiger partial charge on any atom is 0.336 e. The molecule has 10 heteroatoms. The number of carbonyl (C=O) groups is 2. The van der Waals surface area contributed by atoms with Crippen LogP contribution in [-0.4, -0.2) is 51.1 Å². The number of allylic oxidation sites excluding steroid dienone is 1. The number of methoxy groups -OCH3 is 4. The Balaban J connectivity index is 1.77. The zero-order valence-corrected chi connectivity index (χ0v) is 22.8. The SMILES string of the molecule is COC(=O)C1=C(C)N=C(C)C(C(=O)OC)C1c1ccccc1Nc1nc(-c2cc(OC)ccc2OC)cs1. The lowest BCUT2D eigenvalue weighted by Crippen LogP contribution is -2.36. The van der Waals surface area contributed by atoms with Crippen LogP contribution >= 0.6 is 11.3 Å². The van der Waals surface area contributed by atoms with Crippen molar-refractivity contribution in [2.45, 2.75) is 19.8 Å². The molecule has 0 saturated carbocycles. The molecule has 0 bridgehead atoms. The first-order valence-corrected chi connectivity index (χ1v) is 12.7. The molecule has 0 saturated heterocycles. The molecule has 3 aromatic rings. The number of nitrogens with zero attached hydrogens (tertiary/aromatic N) is 2. The fourth-order valence-electron chi connectivity index (χ4n) is 4.65. The predicted octanol–water partition coefficient (Wildman–Crippen LogP) is 5.37. The van der Waals surface area contributed by atoms with Crippen LogP contribution in [0.1, 0.15) is 25.3 Å². The molecule has 4 rings (SSSR count). The Hall–Kier alpha value is -4.18. The summed E-state index contributed by atoms with van der Waals surface area (Å²) in [6.07, 6.45) is 0. The second-order valence-electron chi connectivity index (χ2n) is 8.54. The number of thiazole rings is 1. The molecule has 2 heterocycles. The van der Waals surface area contributed by atoms with Crippen LogP contribution in [0, 0.1) is 5.92 Å². The Morgan fingerprint density at radius 2 is 1.74 bits per heavy atom. The Bertz CT molecular complexity index is 1430. The van der Waals surface area contributed by atoms with Gasteiger partial charge in [0.15, 0.2) is 5.13 Å². The number of benzene rings is 2. The second-order valence-corrected chi connectivity index (χ2v) is 9.40. The quantitative estimate of drug-likeness (QED) is 0.384. The summed E-state index contributed by atoms with van der Waals surface area (Å²) in [6, 6.07) is 13.0. The summed E-state index contributed by atoms with van der Waals surface area (Å²) in [6.45, 7) is 3.50. The van der Waals surface area contributed by atoms with E-state index >= 15 is 0 Å². The van der Waals surface area contributed by atoms with Gasteiger partial charge in [0.2, 0.25) is 0 Å². The van der Waals surface area contributed by atoms with Crippen LogP contribution in [0.15, 0.2) is 64.1 Å². The second kappa shape index (κ2) is 11.5. The molecule has 1 aromatic heterocycles. The van der Waals surface area contributed by atoms with Crippen LogP contribution in [0.5, 0.6) is 11.5 Å². The number of rotatable bonds is 8. The van der Waals surface area contributed by atoms with E-state index in [1.54, 1.807) is 28.1 Å². The first kappa shape index (κ1) is 26.9. The van der Waals surface area contributed by atoms with Crippen molar-refractivity contribution in [2.24, 2.45) is 10.9 Å². The van der Waals surface area contributed by atoms with Gasteiger partial charge in [-0.15, -0.1) is 11.3 Å². The average molecular weight is 536 g/mol. The molecule has 38 heavy (non-hydrogen) atoms. The van der Waals surface area contributed by atoms with Crippen LogP contribution in [-0.2, 0) is 19.1 Å². The van der Waals surface area contributed by atoms with E-state index in [0.717, 1.165) is 5.56 Å². The summed E-state index contributed by atoms with van der Waals surface area (Å²) in [4.78, 5) is 35.1. The number of nitrogens with one attached hydrogen (secondary N) is 1. The van der Waals surface area contributed by atoms with Gasteiger partial charge in [-0.2, -0.15) is 0 Å². The average Bonchev–Trinajstić information content (AvgIpc) is 3.40. The minimum atomic E-state index is -0.798. The van der Waals surface area contributed by atoms with E-state index in [2.05, 4.69) is 10.3 Å². The van der Waals surface area contributed by atoms with E-state index in [4.69, 9.17) is 23.9 Å². The number of anilines is 2. The van der Waals surface area contributed by atoms with Gasteiger partial charge in [0, 0.05) is 34.0 Å². The van der Waals surface area contributed by atoms with Gasteiger partial charge in [0.05, 0.1) is 39.7 Å². The van der Waals surface area contributed by atoms with Crippen molar-refractivity contribution in [2.75, 3.05) is 33.8 Å². The smallest absolute Gasteiger partial charge is 0.336 e. The monoisotopic (exact) mass is 535 g/mol. The summed E-state index contributed by atoms with van der Waals surface area (Å²) in [5, 5.41) is 5.92. The van der Waals surface area contributed by atoms with Crippen LogP contribution in [0.25, 0.3) is 11.3 Å². The van der Waals surface area contributed by atoms with E-state index in [1.165, 1.54) is 25.6 Å². The van der Waals surface area contributed by atoms with Gasteiger partial charge in [0.1, 0.15) is 17.4 Å². The normalized spacial score (nSPS) is 16.9. The highest BCUT2D eigenvalue weighted by Crippen LogP contribution is 2.44. The molecule has 0 aliphatic carbocycles. The molecule has 0 fully saturated rings. The molecule has 2 aromatic carbocycles. The van der Waals surface area contributed by atoms with Crippen LogP contribution in [0.4, 0.5) is 10.8 Å². The molecular formula is C28H29N3O6S. The lowest BCUT2D eigenvalue weighted by atomic mass is 9.75. The topological polar surface area (TPSA) is 108 Å². The predicted molar refractivity (Wildman–Crippen MR) is 146 cm³/mol. The first-order valence-electron chi connectivity index (χ1n) is 11.8. The summed E-state index contributed by atoms with van der Waals surface area (Å²) < 4.78 is 21.1. The van der Waals surface area contributed by atoms with Crippen molar-refractivity contribution in [3.63, 3.8) is 0 Å². The summed E-state index contributed by atoms with van der Waals surface area (Å²) in [5.74, 6) is -1.14. The van der Waals surface area contributed by atoms with Crippen molar-refractivity contribution in [1.82, 2.24) is 4.98 Å². The zero-order valence-electron chi connectivity index (χ0n) is 22.0. The zero-order chi connectivity index (χ0) is 27.4. The highest BCUT2D eigenvalue weighted by Gasteiger charge is 2.43. The number of esters is 2. The van der Waals surface area contributed by atoms with E-state index in [0.29, 0.717) is 50.6 Å². The minimum absolute atomic E-state index is 0.309. The molecule has 0 radical (unpaired) electrons. The number of hydrogen-bond donors (Lipinski definition) is 1. The lowest BCUT2D eigenvalue weighted by Gasteiger charge is -2.32. The Morgan fingerprint density at radius 1 is 0.974 bits per heavy atom. The van der Waals surface area contributed by atoms with Gasteiger partial charge < -0.3 is 24.3 Å². The number of aromatic nitrogens is 1. The summed E-state index contributed by atoms with van der Waals surface area (Å²) >= 11 is 1.41. The molecule has 2 unspecified atom stereocenters. The minimum Gasteiger partial charge on any atom is -0.497 e. The highest BCUT2D eigenvalue weighted by molar-refractivity contribution is 7.14. The van der Waals surface area contributed by atoms with E-state index in [9.17, 15) is 9.59 Å². The van der Waals surface area contributed by atoms with Crippen LogP contribution in [0.2, 0.25) is 0 Å². The number of ether oxygens (including phenoxy) is 4. The number of para-hydroxylation sites is 1. The van der Waals surface area contributed by atoms with E-state index in [1.807, 2.05) is 47.8 Å². The van der Waals surface area contributed by atoms with Crippen LogP contribution < -0.4 is 14.8 Å². The molecule has 1 aliphatic rings. The van der Waals surface area contributed by atoms with Gasteiger partial charge in [0.25, 0.3) is 0 Å². The van der Waals surface area contributed by atoms with Gasteiger partial charge in [-0.1, -0.05) is 18.2 Å². The van der Waals surface area contributed by atoms with Crippen molar-refractivity contribution >= 4 is 39.8 Å². The van der Waals surface area contributed by atoms with E-state index < -0.39 is 23.8 Å². The molecule has 1 aliphatic heterocycles. The Kier molecular flexibility index (Phi) is 8.11. The number of aliphatic imine (C=N–C) groups is 1. The van der Waals surface area contributed by atoms with Crippen molar-refractivity contribution in [3.8, 4) is 22.8 Å². The summed E-state index contributed by atoms with van der Waals surface area (Å²) in [7, 11) is 5.85. The van der Waals surface area contributed by atoms with Crippen LogP contribution in [0.3, 0.4) is 0 Å². The third-order valence-electron chi connectivity index (χ3n) is 6.41. The first-order chi connectivity index (χ1) is 18.3. The fourth-order valence-corrected chi connectivity index (χ4v) is 5.37.